The SMILES string of the molecule is CC(C)N1CCOc2c(F)cc(-c3nc(Nc4ccc(-c5ccc(N(C)C)cc5)c(F)c4)ncc3F)cc21. The van der Waals surface area contributed by atoms with E-state index < -0.39 is 17.5 Å². The number of ether oxygens (including phenoxy) is 1. The molecule has 0 saturated carbocycles. The monoisotopic (exact) mass is 519 g/mol. The lowest BCUT2D eigenvalue weighted by molar-refractivity contribution is 0.287. The number of benzene rings is 3. The number of nitrogens with one attached hydrogen (secondary N) is 1. The summed E-state index contributed by atoms with van der Waals surface area (Å²) in [6, 6.07) is 15.2. The maximum Gasteiger partial charge on any atom is 0.227 e. The number of aromatic nitrogens is 2. The highest BCUT2D eigenvalue weighted by Crippen LogP contribution is 2.39. The van der Waals surface area contributed by atoms with Crippen molar-refractivity contribution in [2.45, 2.75) is 19.9 Å². The lowest BCUT2D eigenvalue weighted by Crippen LogP contribution is -2.38. The molecule has 38 heavy (non-hydrogen) atoms. The van der Waals surface area contributed by atoms with E-state index in [-0.39, 0.29) is 29.0 Å². The quantitative estimate of drug-likeness (QED) is 0.308. The number of nitrogens with zero attached hydrogens (tertiary/aromatic N) is 4. The van der Waals surface area contributed by atoms with Crippen molar-refractivity contribution in [3.05, 3.63) is 78.2 Å². The van der Waals surface area contributed by atoms with Gasteiger partial charge in [0.15, 0.2) is 17.4 Å². The number of hydrogen-bond acceptors (Lipinski definition) is 6. The predicted molar refractivity (Wildman–Crippen MR) is 145 cm³/mol. The van der Waals surface area contributed by atoms with Crippen LogP contribution in [0.4, 0.5) is 36.2 Å². The number of hydrogen-bond donors (Lipinski definition) is 1. The summed E-state index contributed by atoms with van der Waals surface area (Å²) in [6.45, 7) is 4.95. The Bertz CT molecular complexity index is 1470. The Labute approximate surface area is 219 Å². The van der Waals surface area contributed by atoms with Crippen LogP contribution in [0, 0.1) is 17.5 Å². The van der Waals surface area contributed by atoms with Gasteiger partial charge in [0.1, 0.15) is 18.1 Å². The number of halogens is 3. The summed E-state index contributed by atoms with van der Waals surface area (Å²) in [5.41, 5.74) is 3.33. The molecule has 1 aliphatic heterocycles. The van der Waals surface area contributed by atoms with Crippen molar-refractivity contribution in [1.29, 1.82) is 0 Å². The average Bonchev–Trinajstić information content (AvgIpc) is 2.89. The van der Waals surface area contributed by atoms with Gasteiger partial charge in [-0.25, -0.2) is 23.1 Å². The molecule has 1 aromatic heterocycles. The topological polar surface area (TPSA) is 53.5 Å². The zero-order valence-electron chi connectivity index (χ0n) is 21.6. The normalized spacial score (nSPS) is 12.8. The molecule has 0 saturated heterocycles. The smallest absolute Gasteiger partial charge is 0.227 e. The summed E-state index contributed by atoms with van der Waals surface area (Å²) >= 11 is 0. The lowest BCUT2D eigenvalue weighted by Gasteiger charge is -2.34. The number of anilines is 4. The standard InChI is InChI=1S/C29H28F3N5O/c1-17(2)37-11-12-38-28-24(31)13-19(14-26(28)37)27-25(32)16-33-29(35-27)34-20-7-10-22(23(30)15-20)18-5-8-21(9-6-18)36(3)4/h5-10,13-17H,11-12H2,1-4H3,(H,33,34,35). The predicted octanol–water partition coefficient (Wildman–Crippen LogP) is 6.64. The molecule has 0 atom stereocenters. The van der Waals surface area contributed by atoms with Gasteiger partial charge in [0.2, 0.25) is 5.95 Å². The fourth-order valence-corrected chi connectivity index (χ4v) is 4.50. The van der Waals surface area contributed by atoms with Gasteiger partial charge in [0, 0.05) is 42.6 Å². The van der Waals surface area contributed by atoms with E-state index in [2.05, 4.69) is 15.3 Å². The zero-order chi connectivity index (χ0) is 27.0. The third-order valence-corrected chi connectivity index (χ3v) is 6.47. The highest BCUT2D eigenvalue weighted by Gasteiger charge is 2.25. The molecule has 9 heteroatoms. The molecule has 3 aromatic carbocycles. The molecule has 4 aromatic rings. The van der Waals surface area contributed by atoms with Gasteiger partial charge in [-0.3, -0.25) is 0 Å². The molecule has 5 rings (SSSR count). The fraction of sp³-hybridized carbons (Fsp3) is 0.241. The Balaban J connectivity index is 1.43. The Morgan fingerprint density at radius 1 is 0.921 bits per heavy atom. The van der Waals surface area contributed by atoms with Crippen molar-refractivity contribution in [1.82, 2.24) is 9.97 Å². The van der Waals surface area contributed by atoms with Crippen LogP contribution in [0.2, 0.25) is 0 Å². The molecule has 6 nitrogen and oxygen atoms in total. The maximum atomic E-state index is 15.0. The van der Waals surface area contributed by atoms with Crippen LogP contribution in [0.25, 0.3) is 22.4 Å². The molecule has 1 aliphatic rings. The average molecular weight is 520 g/mol. The van der Waals surface area contributed by atoms with E-state index >= 15 is 4.39 Å². The first-order valence-electron chi connectivity index (χ1n) is 12.3. The molecule has 0 fully saturated rings. The molecule has 196 valence electrons. The van der Waals surface area contributed by atoms with E-state index in [9.17, 15) is 8.78 Å². The Morgan fingerprint density at radius 3 is 2.37 bits per heavy atom. The molecule has 0 spiro atoms. The summed E-state index contributed by atoms with van der Waals surface area (Å²) in [6.07, 6.45) is 1.01. The molecule has 0 radical (unpaired) electrons. The van der Waals surface area contributed by atoms with Gasteiger partial charge < -0.3 is 19.9 Å². The first-order valence-corrected chi connectivity index (χ1v) is 12.3. The van der Waals surface area contributed by atoms with Gasteiger partial charge in [0.05, 0.1) is 18.4 Å². The van der Waals surface area contributed by atoms with Gasteiger partial charge in [-0.05, 0) is 61.9 Å². The molecule has 0 unspecified atom stereocenters. The molecule has 2 heterocycles. The summed E-state index contributed by atoms with van der Waals surface area (Å²) in [5, 5.41) is 2.92. The summed E-state index contributed by atoms with van der Waals surface area (Å²) < 4.78 is 50.3. The van der Waals surface area contributed by atoms with E-state index in [0.29, 0.717) is 30.1 Å². The second-order valence-corrected chi connectivity index (χ2v) is 9.59. The van der Waals surface area contributed by atoms with Crippen molar-refractivity contribution in [3.63, 3.8) is 0 Å². The van der Waals surface area contributed by atoms with Crippen molar-refractivity contribution in [3.8, 4) is 28.1 Å². The minimum atomic E-state index is -0.703. The van der Waals surface area contributed by atoms with Crippen LogP contribution in [0.3, 0.4) is 0 Å². The minimum absolute atomic E-state index is 0.0546. The van der Waals surface area contributed by atoms with Gasteiger partial charge in [-0.2, -0.15) is 0 Å². The van der Waals surface area contributed by atoms with E-state index in [1.165, 1.54) is 12.1 Å². The van der Waals surface area contributed by atoms with E-state index in [4.69, 9.17) is 4.74 Å². The lowest BCUT2D eigenvalue weighted by atomic mass is 10.0. The molecular formula is C29H28F3N5O. The van der Waals surface area contributed by atoms with Crippen molar-refractivity contribution in [2.75, 3.05) is 42.4 Å². The van der Waals surface area contributed by atoms with Crippen LogP contribution < -0.4 is 19.9 Å². The highest BCUT2D eigenvalue weighted by molar-refractivity contribution is 5.74. The maximum absolute atomic E-state index is 15.0. The molecule has 0 amide bonds. The van der Waals surface area contributed by atoms with E-state index in [0.717, 1.165) is 17.4 Å². The molecular weight excluding hydrogens is 491 g/mol. The van der Waals surface area contributed by atoms with Crippen LogP contribution in [-0.4, -0.2) is 43.3 Å². The minimum Gasteiger partial charge on any atom is -0.486 e. The zero-order valence-corrected chi connectivity index (χ0v) is 21.6. The van der Waals surface area contributed by atoms with Crippen molar-refractivity contribution >= 4 is 23.0 Å². The van der Waals surface area contributed by atoms with Crippen LogP contribution in [-0.2, 0) is 0 Å². The van der Waals surface area contributed by atoms with E-state index in [1.54, 1.807) is 18.2 Å². The first kappa shape index (κ1) is 25.4. The third-order valence-electron chi connectivity index (χ3n) is 6.47. The Hall–Kier alpha value is -4.27. The number of fused-ring (bicyclic) bond motifs is 1. The van der Waals surface area contributed by atoms with Gasteiger partial charge in [0.25, 0.3) is 0 Å². The van der Waals surface area contributed by atoms with Gasteiger partial charge >= 0.3 is 0 Å². The van der Waals surface area contributed by atoms with E-state index in [1.807, 2.05) is 62.0 Å². The van der Waals surface area contributed by atoms with Gasteiger partial charge in [-0.1, -0.05) is 12.1 Å². The highest BCUT2D eigenvalue weighted by atomic mass is 19.1. The van der Waals surface area contributed by atoms with Crippen molar-refractivity contribution < 1.29 is 17.9 Å². The fourth-order valence-electron chi connectivity index (χ4n) is 4.50. The van der Waals surface area contributed by atoms with Crippen LogP contribution >= 0.6 is 0 Å². The Kier molecular flexibility index (Phi) is 6.84. The van der Waals surface area contributed by atoms with Crippen LogP contribution in [0.1, 0.15) is 13.8 Å². The molecule has 0 bridgehead atoms. The van der Waals surface area contributed by atoms with Gasteiger partial charge in [-0.15, -0.1) is 0 Å². The third kappa shape index (κ3) is 4.96. The van der Waals surface area contributed by atoms with Crippen LogP contribution in [0.5, 0.6) is 5.75 Å². The van der Waals surface area contributed by atoms with Crippen LogP contribution in [0.15, 0.2) is 60.8 Å². The Morgan fingerprint density at radius 2 is 1.68 bits per heavy atom. The first-order chi connectivity index (χ1) is 18.2. The summed E-state index contributed by atoms with van der Waals surface area (Å²) in [5.74, 6) is -1.52. The second-order valence-electron chi connectivity index (χ2n) is 9.59. The summed E-state index contributed by atoms with van der Waals surface area (Å²) in [4.78, 5) is 12.3. The largest absolute Gasteiger partial charge is 0.486 e. The van der Waals surface area contributed by atoms with Crippen molar-refractivity contribution in [2.24, 2.45) is 0 Å². The number of rotatable bonds is 6. The molecule has 0 aliphatic carbocycles. The molecule has 1 N–H and O–H groups in total. The summed E-state index contributed by atoms with van der Waals surface area (Å²) in [7, 11) is 3.88. The second kappa shape index (κ2) is 10.2.